The van der Waals surface area contributed by atoms with Crippen LogP contribution in [0.25, 0.3) is 0 Å². The minimum atomic E-state index is -0.148. The van der Waals surface area contributed by atoms with Gasteiger partial charge in [0, 0.05) is 5.54 Å². The van der Waals surface area contributed by atoms with Crippen LogP contribution in [0.2, 0.25) is 0 Å². The van der Waals surface area contributed by atoms with Crippen LogP contribution in [0.1, 0.15) is 64.0 Å². The van der Waals surface area contributed by atoms with E-state index in [1.54, 1.807) is 0 Å². The fourth-order valence-corrected chi connectivity index (χ4v) is 3.54. The molecular weight excluding hydrogens is 274 g/mol. The van der Waals surface area contributed by atoms with Crippen molar-refractivity contribution >= 4 is 11.7 Å². The van der Waals surface area contributed by atoms with Gasteiger partial charge in [-0.05, 0) is 69.7 Å². The standard InChI is InChI=1S/C19H27NO2/c1-19(2,3)20-13-18(21)22-17-12-15-10-8-6-4-5-7-9-14(15)11-16(17)20/h11-12H,4-10,13H2,1-3H3. The van der Waals surface area contributed by atoms with Gasteiger partial charge in [-0.2, -0.15) is 0 Å². The first-order valence-electron chi connectivity index (χ1n) is 8.59. The fraction of sp³-hybridized carbons (Fsp3) is 0.632. The summed E-state index contributed by atoms with van der Waals surface area (Å²) in [5.74, 6) is 0.606. The second-order valence-corrected chi connectivity index (χ2v) is 7.59. The van der Waals surface area contributed by atoms with Gasteiger partial charge in [-0.25, -0.2) is 4.79 Å². The average Bonchev–Trinajstić information content (AvgIpc) is 2.55. The molecule has 0 spiro atoms. The molecule has 2 aliphatic rings. The molecule has 1 aliphatic heterocycles. The number of fused-ring (bicyclic) bond motifs is 2. The first-order chi connectivity index (χ1) is 10.4. The second kappa shape index (κ2) is 5.94. The Balaban J connectivity index is 2.03. The van der Waals surface area contributed by atoms with E-state index in [9.17, 15) is 4.79 Å². The van der Waals surface area contributed by atoms with E-state index in [1.165, 1.54) is 43.2 Å². The van der Waals surface area contributed by atoms with E-state index in [4.69, 9.17) is 4.74 Å². The molecule has 3 rings (SSSR count). The van der Waals surface area contributed by atoms with Gasteiger partial charge in [-0.3, -0.25) is 0 Å². The van der Waals surface area contributed by atoms with Crippen molar-refractivity contribution in [2.24, 2.45) is 0 Å². The Kier molecular flexibility index (Phi) is 4.16. The van der Waals surface area contributed by atoms with Crippen molar-refractivity contribution in [3.63, 3.8) is 0 Å². The predicted octanol–water partition coefficient (Wildman–Crippen LogP) is 4.26. The number of aryl methyl sites for hydroxylation is 2. The number of hydrogen-bond donors (Lipinski definition) is 0. The number of ether oxygens (including phenoxy) is 1. The average molecular weight is 301 g/mol. The van der Waals surface area contributed by atoms with Crippen LogP contribution in [0.4, 0.5) is 5.69 Å². The molecule has 0 atom stereocenters. The topological polar surface area (TPSA) is 29.5 Å². The van der Waals surface area contributed by atoms with Crippen LogP contribution in [0.5, 0.6) is 5.75 Å². The summed E-state index contributed by atoms with van der Waals surface area (Å²) in [6.07, 6.45) is 8.74. The summed E-state index contributed by atoms with van der Waals surface area (Å²) in [5, 5.41) is 0. The molecule has 1 aromatic rings. The maximum absolute atomic E-state index is 12.0. The Hall–Kier alpha value is -1.51. The SMILES string of the molecule is CC(C)(C)N1CC(=O)Oc2cc3c(cc21)CCCCCCC3. The van der Waals surface area contributed by atoms with E-state index in [2.05, 4.69) is 37.8 Å². The molecule has 22 heavy (non-hydrogen) atoms. The summed E-state index contributed by atoms with van der Waals surface area (Å²) in [5.41, 5.74) is 3.84. The lowest BCUT2D eigenvalue weighted by Crippen LogP contribution is -2.48. The Morgan fingerprint density at radius 3 is 2.18 bits per heavy atom. The predicted molar refractivity (Wildman–Crippen MR) is 89.7 cm³/mol. The monoisotopic (exact) mass is 301 g/mol. The third-order valence-corrected chi connectivity index (χ3v) is 4.78. The summed E-state index contributed by atoms with van der Waals surface area (Å²) in [6, 6.07) is 4.42. The molecule has 0 fully saturated rings. The van der Waals surface area contributed by atoms with Crippen molar-refractivity contribution in [1.82, 2.24) is 0 Å². The van der Waals surface area contributed by atoms with Gasteiger partial charge in [0.05, 0.1) is 5.69 Å². The molecule has 0 saturated carbocycles. The normalized spacial score (nSPS) is 19.4. The number of benzene rings is 1. The number of nitrogens with zero attached hydrogens (tertiary/aromatic N) is 1. The maximum Gasteiger partial charge on any atom is 0.331 e. The van der Waals surface area contributed by atoms with Crippen molar-refractivity contribution in [2.75, 3.05) is 11.4 Å². The van der Waals surface area contributed by atoms with Crippen molar-refractivity contribution < 1.29 is 9.53 Å². The molecule has 1 aliphatic carbocycles. The Morgan fingerprint density at radius 1 is 0.955 bits per heavy atom. The molecule has 0 aromatic heterocycles. The highest BCUT2D eigenvalue weighted by molar-refractivity contribution is 5.85. The van der Waals surface area contributed by atoms with Crippen LogP contribution in [-0.2, 0) is 17.6 Å². The van der Waals surface area contributed by atoms with Gasteiger partial charge in [-0.15, -0.1) is 0 Å². The summed E-state index contributed by atoms with van der Waals surface area (Å²) < 4.78 is 5.55. The first kappa shape index (κ1) is 15.4. The molecule has 0 N–H and O–H groups in total. The molecule has 1 aromatic carbocycles. The highest BCUT2D eigenvalue weighted by Crippen LogP contribution is 2.39. The minimum Gasteiger partial charge on any atom is -0.423 e. The molecule has 120 valence electrons. The van der Waals surface area contributed by atoms with E-state index in [0.717, 1.165) is 24.3 Å². The second-order valence-electron chi connectivity index (χ2n) is 7.59. The van der Waals surface area contributed by atoms with Crippen LogP contribution in [0.15, 0.2) is 12.1 Å². The summed E-state index contributed by atoms with van der Waals surface area (Å²) in [6.45, 7) is 6.79. The van der Waals surface area contributed by atoms with E-state index in [1.807, 2.05) is 0 Å². The summed E-state index contributed by atoms with van der Waals surface area (Å²) in [4.78, 5) is 14.1. The Morgan fingerprint density at radius 2 is 1.55 bits per heavy atom. The van der Waals surface area contributed by atoms with Crippen LogP contribution >= 0.6 is 0 Å². The minimum absolute atomic E-state index is 0.0824. The molecule has 1 heterocycles. The van der Waals surface area contributed by atoms with Gasteiger partial charge < -0.3 is 9.64 Å². The molecular formula is C19H27NO2. The third kappa shape index (κ3) is 3.13. The van der Waals surface area contributed by atoms with Gasteiger partial charge in [-0.1, -0.05) is 19.3 Å². The van der Waals surface area contributed by atoms with Gasteiger partial charge >= 0.3 is 5.97 Å². The molecule has 0 bridgehead atoms. The molecule has 0 unspecified atom stereocenters. The highest BCUT2D eigenvalue weighted by atomic mass is 16.5. The molecule has 3 nitrogen and oxygen atoms in total. The van der Waals surface area contributed by atoms with Gasteiger partial charge in [0.1, 0.15) is 6.54 Å². The molecule has 0 saturated heterocycles. The van der Waals surface area contributed by atoms with E-state index < -0.39 is 0 Å². The van der Waals surface area contributed by atoms with E-state index in [0.29, 0.717) is 6.54 Å². The van der Waals surface area contributed by atoms with Crippen molar-refractivity contribution in [3.05, 3.63) is 23.3 Å². The van der Waals surface area contributed by atoms with Gasteiger partial charge in [0.15, 0.2) is 5.75 Å². The zero-order valence-corrected chi connectivity index (χ0v) is 14.1. The van der Waals surface area contributed by atoms with E-state index >= 15 is 0 Å². The number of rotatable bonds is 0. The first-order valence-corrected chi connectivity index (χ1v) is 8.59. The van der Waals surface area contributed by atoms with Crippen molar-refractivity contribution in [3.8, 4) is 5.75 Å². The number of carbonyl (C=O) groups is 1. The Bertz CT molecular complexity index is 572. The lowest BCUT2D eigenvalue weighted by molar-refractivity contribution is -0.133. The number of carbonyl (C=O) groups excluding carboxylic acids is 1. The number of hydrogen-bond acceptors (Lipinski definition) is 3. The lowest BCUT2D eigenvalue weighted by Gasteiger charge is -2.40. The van der Waals surface area contributed by atoms with Gasteiger partial charge in [0.25, 0.3) is 0 Å². The zero-order valence-electron chi connectivity index (χ0n) is 14.1. The zero-order chi connectivity index (χ0) is 15.7. The van der Waals surface area contributed by atoms with Crippen LogP contribution in [-0.4, -0.2) is 18.1 Å². The largest absolute Gasteiger partial charge is 0.423 e. The van der Waals surface area contributed by atoms with Crippen LogP contribution in [0, 0.1) is 0 Å². The van der Waals surface area contributed by atoms with Crippen molar-refractivity contribution in [2.45, 2.75) is 71.3 Å². The molecule has 3 heteroatoms. The van der Waals surface area contributed by atoms with Crippen molar-refractivity contribution in [1.29, 1.82) is 0 Å². The smallest absolute Gasteiger partial charge is 0.331 e. The molecule has 0 radical (unpaired) electrons. The summed E-state index contributed by atoms with van der Waals surface area (Å²) >= 11 is 0. The number of anilines is 1. The summed E-state index contributed by atoms with van der Waals surface area (Å²) in [7, 11) is 0. The van der Waals surface area contributed by atoms with E-state index in [-0.39, 0.29) is 11.5 Å². The highest BCUT2D eigenvalue weighted by Gasteiger charge is 2.32. The third-order valence-electron chi connectivity index (χ3n) is 4.78. The maximum atomic E-state index is 12.0. The van der Waals surface area contributed by atoms with Gasteiger partial charge in [0.2, 0.25) is 0 Å². The Labute approximate surface area is 133 Å². The number of esters is 1. The van der Waals surface area contributed by atoms with Crippen LogP contribution in [0.3, 0.4) is 0 Å². The lowest BCUT2D eigenvalue weighted by atomic mass is 9.95. The molecule has 0 amide bonds. The quantitative estimate of drug-likeness (QED) is 0.530. The van der Waals surface area contributed by atoms with Crippen LogP contribution < -0.4 is 9.64 Å². The fourth-order valence-electron chi connectivity index (χ4n) is 3.54.